The van der Waals surface area contributed by atoms with E-state index >= 15 is 0 Å². The van der Waals surface area contributed by atoms with Crippen LogP contribution in [0.4, 0.5) is 11.6 Å². The molecule has 1 aromatic carbocycles. The Morgan fingerprint density at radius 3 is 2.35 bits per heavy atom. The number of aliphatic hydroxyl groups is 3. The van der Waals surface area contributed by atoms with Gasteiger partial charge in [-0.15, -0.1) is 5.10 Å². The molecule has 282 valence electrons. The molecule has 0 bridgehead atoms. The predicted octanol–water partition coefficient (Wildman–Crippen LogP) is -0.366. The first-order valence-corrected chi connectivity index (χ1v) is 17.1. The first-order valence-electron chi connectivity index (χ1n) is 17.1. The molecule has 2 fully saturated rings. The molecule has 6 N–H and O–H groups in total. The lowest BCUT2D eigenvalue weighted by atomic mass is 10.1. The van der Waals surface area contributed by atoms with Crippen LogP contribution in [0, 0.1) is 0 Å². The van der Waals surface area contributed by atoms with Gasteiger partial charge in [-0.1, -0.05) is 23.4 Å². The van der Waals surface area contributed by atoms with Gasteiger partial charge in [0.2, 0.25) is 0 Å². The van der Waals surface area contributed by atoms with E-state index in [1.165, 1.54) is 32.4 Å². The van der Waals surface area contributed by atoms with Crippen LogP contribution in [0.25, 0.3) is 22.3 Å². The summed E-state index contributed by atoms with van der Waals surface area (Å²) in [7, 11) is 1.48. The molecule has 2 aliphatic heterocycles. The number of aryl methyl sites for hydroxylation is 1. The van der Waals surface area contributed by atoms with Gasteiger partial charge in [-0.05, 0) is 25.0 Å². The molecule has 2 saturated heterocycles. The highest BCUT2D eigenvalue weighted by molar-refractivity contribution is 6.06. The van der Waals surface area contributed by atoms with Crippen molar-refractivity contribution in [3.63, 3.8) is 0 Å². The molecular formula is C33H37N13O8. The highest BCUT2D eigenvalue weighted by Gasteiger charge is 2.47. The lowest BCUT2D eigenvalue weighted by molar-refractivity contribution is -0.0708. The molecule has 0 spiro atoms. The second-order valence-corrected chi connectivity index (χ2v) is 12.8. The third-order valence-corrected chi connectivity index (χ3v) is 9.48. The maximum Gasteiger partial charge on any atom is 0.256 e. The number of carbonyl (C=O) groups is 1. The number of nitrogens with two attached hydrogens (primary N) is 1. The minimum absolute atomic E-state index is 0.170. The summed E-state index contributed by atoms with van der Waals surface area (Å²) in [6.07, 6.45) is 1.43. The van der Waals surface area contributed by atoms with Crippen molar-refractivity contribution in [1.82, 2.24) is 54.0 Å². The molecule has 0 unspecified atom stereocenters. The third-order valence-electron chi connectivity index (χ3n) is 9.48. The van der Waals surface area contributed by atoms with Crippen LogP contribution in [-0.4, -0.2) is 132 Å². The zero-order valence-corrected chi connectivity index (χ0v) is 28.8. The first-order chi connectivity index (χ1) is 26.3. The number of hydrogen-bond acceptors (Lipinski definition) is 17. The lowest BCUT2D eigenvalue weighted by Gasteiger charge is -2.22. The summed E-state index contributed by atoms with van der Waals surface area (Å²) in [5.41, 5.74) is 8.60. The number of imidazole rings is 2. The molecule has 7 heterocycles. The van der Waals surface area contributed by atoms with E-state index in [1.807, 2.05) is 6.07 Å². The standard InChI is InChI=1S/C33H37N13O8/c1-51-25-23(48)19(53-32(25)46-16-40-22-28(36-14-38-30(22)46)41-31(50)17-6-3-2-4-7-17)11-44-10-18(42-43-44)8-5-9-52-26-24(49)20(12-47)54-33(26)45-15-39-21-27(34)35-13-37-29(21)45/h2-4,6-7,10,13-16,19-20,23-26,32-33,47-49H,5,8-9,11-12H2,1H3,(H2,34,35,37)(H,36,38,41,50)/t19-,20-,23-,24-,25-,26-,32-,33-/m1/s1. The van der Waals surface area contributed by atoms with Gasteiger partial charge >= 0.3 is 0 Å². The van der Waals surface area contributed by atoms with Gasteiger partial charge < -0.3 is 45.3 Å². The average Bonchev–Trinajstić information content (AvgIpc) is 4.02. The normalized spacial score (nSPS) is 25.6. The number of nitrogens with zero attached hydrogens (tertiary/aromatic N) is 11. The minimum atomic E-state index is -1.11. The molecule has 0 radical (unpaired) electrons. The number of carbonyl (C=O) groups excluding carboxylic acids is 1. The van der Waals surface area contributed by atoms with E-state index in [-0.39, 0.29) is 30.7 Å². The first kappa shape index (κ1) is 35.5. The number of anilines is 2. The number of nitrogens with one attached hydrogen (secondary N) is 1. The number of benzene rings is 1. The van der Waals surface area contributed by atoms with Crippen LogP contribution < -0.4 is 11.1 Å². The molecule has 21 heteroatoms. The molecule has 0 aliphatic carbocycles. The summed E-state index contributed by atoms with van der Waals surface area (Å²) in [5, 5.41) is 43.2. The van der Waals surface area contributed by atoms with Crippen molar-refractivity contribution in [2.75, 3.05) is 31.4 Å². The number of rotatable bonds is 13. The highest BCUT2D eigenvalue weighted by Crippen LogP contribution is 2.36. The van der Waals surface area contributed by atoms with Gasteiger partial charge in [-0.2, -0.15) is 0 Å². The number of fused-ring (bicyclic) bond motifs is 2. The van der Waals surface area contributed by atoms with Gasteiger partial charge in [-0.3, -0.25) is 13.9 Å². The van der Waals surface area contributed by atoms with Crippen molar-refractivity contribution in [2.45, 2.75) is 68.5 Å². The molecule has 2 aliphatic rings. The van der Waals surface area contributed by atoms with Crippen molar-refractivity contribution < 1.29 is 39.1 Å². The van der Waals surface area contributed by atoms with Gasteiger partial charge in [0.25, 0.3) is 5.91 Å². The number of amides is 1. The van der Waals surface area contributed by atoms with Gasteiger partial charge in [0.15, 0.2) is 40.9 Å². The van der Waals surface area contributed by atoms with E-state index in [0.717, 1.165) is 0 Å². The topological polar surface area (TPSA) is 271 Å². The Kier molecular flexibility index (Phi) is 9.89. The average molecular weight is 744 g/mol. The summed E-state index contributed by atoms with van der Waals surface area (Å²) in [4.78, 5) is 38.3. The largest absolute Gasteiger partial charge is 0.394 e. The Labute approximate surface area is 305 Å². The van der Waals surface area contributed by atoms with Crippen molar-refractivity contribution in [1.29, 1.82) is 0 Å². The van der Waals surface area contributed by atoms with Crippen LogP contribution in [0.2, 0.25) is 0 Å². The maximum atomic E-state index is 12.8. The second kappa shape index (κ2) is 15.1. The van der Waals surface area contributed by atoms with Crippen LogP contribution in [0.1, 0.15) is 34.9 Å². The van der Waals surface area contributed by atoms with E-state index in [9.17, 15) is 20.1 Å². The zero-order valence-electron chi connectivity index (χ0n) is 28.8. The van der Waals surface area contributed by atoms with Crippen molar-refractivity contribution >= 4 is 39.9 Å². The SMILES string of the molecule is CO[C@@H]1[C@H](O)[C@@H](Cn2cc(CCCO[C@@H]3[C@H](O)[C@@H](CO)O[C@H]3n3cnc4c(N)ncnc43)nn2)O[C@H]1n1cnc2c(NC(=O)c3ccccc3)ncnc21. The summed E-state index contributed by atoms with van der Waals surface area (Å²) in [6.45, 7) is 0.000561. The van der Waals surface area contributed by atoms with E-state index in [1.54, 1.807) is 44.3 Å². The number of methoxy groups -OCH3 is 1. The number of aromatic nitrogens is 11. The van der Waals surface area contributed by atoms with Crippen LogP contribution >= 0.6 is 0 Å². The molecule has 54 heavy (non-hydrogen) atoms. The molecule has 8 rings (SSSR count). The molecule has 1 amide bonds. The van der Waals surface area contributed by atoms with E-state index < -0.39 is 55.7 Å². The lowest BCUT2D eigenvalue weighted by Crippen LogP contribution is -2.35. The fraction of sp³-hybridized carbons (Fsp3) is 0.424. The van der Waals surface area contributed by atoms with Gasteiger partial charge in [0.1, 0.15) is 54.8 Å². The van der Waals surface area contributed by atoms with E-state index in [0.29, 0.717) is 46.4 Å². The van der Waals surface area contributed by atoms with Crippen LogP contribution in [-0.2, 0) is 31.9 Å². The van der Waals surface area contributed by atoms with E-state index in [4.69, 9.17) is 24.7 Å². The maximum absolute atomic E-state index is 12.8. The van der Waals surface area contributed by atoms with Crippen LogP contribution in [0.15, 0.2) is 61.8 Å². The molecule has 21 nitrogen and oxygen atoms in total. The smallest absolute Gasteiger partial charge is 0.256 e. The minimum Gasteiger partial charge on any atom is -0.394 e. The highest BCUT2D eigenvalue weighted by atomic mass is 16.6. The Morgan fingerprint density at radius 2 is 1.59 bits per heavy atom. The molecule has 6 aromatic rings. The zero-order chi connectivity index (χ0) is 37.3. The Balaban J connectivity index is 0.889. The quantitative estimate of drug-likeness (QED) is 0.0945. The monoisotopic (exact) mass is 743 g/mol. The Hall–Kier alpha value is -5.55. The summed E-state index contributed by atoms with van der Waals surface area (Å²) in [5.74, 6) is 0.0875. The molecule has 5 aromatic heterocycles. The second-order valence-electron chi connectivity index (χ2n) is 12.8. The Morgan fingerprint density at radius 1 is 0.907 bits per heavy atom. The van der Waals surface area contributed by atoms with Crippen LogP contribution in [0.5, 0.6) is 0 Å². The molecule has 8 atom stereocenters. The fourth-order valence-corrected chi connectivity index (χ4v) is 6.78. The van der Waals surface area contributed by atoms with Crippen LogP contribution in [0.3, 0.4) is 0 Å². The fourth-order valence-electron chi connectivity index (χ4n) is 6.78. The number of nitrogen functional groups attached to an aromatic ring is 1. The third kappa shape index (κ3) is 6.61. The van der Waals surface area contributed by atoms with E-state index in [2.05, 4.69) is 45.5 Å². The molecular weight excluding hydrogens is 706 g/mol. The number of hydrogen-bond donors (Lipinski definition) is 5. The van der Waals surface area contributed by atoms with Gasteiger partial charge in [0, 0.05) is 25.5 Å². The van der Waals surface area contributed by atoms with Gasteiger partial charge in [0.05, 0.1) is 31.5 Å². The van der Waals surface area contributed by atoms with Crippen molar-refractivity contribution in [2.24, 2.45) is 0 Å². The summed E-state index contributed by atoms with van der Waals surface area (Å²) < 4.78 is 28.8. The van der Waals surface area contributed by atoms with Crippen molar-refractivity contribution in [3.8, 4) is 0 Å². The predicted molar refractivity (Wildman–Crippen MR) is 185 cm³/mol. The summed E-state index contributed by atoms with van der Waals surface area (Å²) >= 11 is 0. The molecule has 0 saturated carbocycles. The number of ether oxygens (including phenoxy) is 4. The number of aliphatic hydroxyl groups excluding tert-OH is 3. The summed E-state index contributed by atoms with van der Waals surface area (Å²) in [6, 6.07) is 8.74. The Bertz CT molecular complexity index is 2230. The van der Waals surface area contributed by atoms with Crippen molar-refractivity contribution in [3.05, 3.63) is 73.1 Å². The van der Waals surface area contributed by atoms with Gasteiger partial charge in [-0.25, -0.2) is 34.6 Å².